The largest absolute Gasteiger partial charge is 0.465 e. The second-order valence-electron chi connectivity index (χ2n) is 5.57. The molecule has 1 saturated heterocycles. The fourth-order valence-electron chi connectivity index (χ4n) is 2.61. The fraction of sp³-hybridized carbons (Fsp3) is 0.812. The minimum Gasteiger partial charge on any atom is -0.465 e. The molecule has 1 unspecified atom stereocenters. The van der Waals surface area contributed by atoms with E-state index >= 15 is 0 Å². The zero-order valence-corrected chi connectivity index (χ0v) is 13.0. The zero-order valence-electron chi connectivity index (χ0n) is 13.0. The van der Waals surface area contributed by atoms with Crippen molar-refractivity contribution < 1.29 is 14.6 Å². The van der Waals surface area contributed by atoms with Gasteiger partial charge in [0, 0.05) is 13.1 Å². The standard InChI is InChI=1S/C16H29NO3/c1-4-7-9-20-16(19)15-10-13(8-5-2)11-17(15)12-14(18)6-3/h5,8,13-15,18H,4,6-7,9-12H2,1-3H3/t13-,14?,15-/m1/s1. The van der Waals surface area contributed by atoms with E-state index in [1.54, 1.807) is 0 Å². The number of aliphatic hydroxyl groups excluding tert-OH is 1. The first kappa shape index (κ1) is 17.2. The molecule has 3 atom stereocenters. The predicted octanol–water partition coefficient (Wildman–Crippen LogP) is 2.37. The molecule has 1 aliphatic heterocycles. The van der Waals surface area contributed by atoms with E-state index in [2.05, 4.69) is 17.9 Å². The molecule has 0 aromatic carbocycles. The fourth-order valence-corrected chi connectivity index (χ4v) is 2.61. The average Bonchev–Trinajstić information content (AvgIpc) is 2.82. The quantitative estimate of drug-likeness (QED) is 0.422. The number of esters is 1. The lowest BCUT2D eigenvalue weighted by Gasteiger charge is -2.24. The number of allylic oxidation sites excluding steroid dienone is 1. The number of hydrogen-bond acceptors (Lipinski definition) is 4. The normalized spacial score (nSPS) is 25.2. The van der Waals surface area contributed by atoms with Crippen molar-refractivity contribution in [3.8, 4) is 0 Å². The van der Waals surface area contributed by atoms with E-state index in [0.29, 0.717) is 25.5 Å². The van der Waals surface area contributed by atoms with Crippen LogP contribution in [-0.2, 0) is 9.53 Å². The number of rotatable bonds is 8. The van der Waals surface area contributed by atoms with E-state index in [1.165, 1.54) is 0 Å². The van der Waals surface area contributed by atoms with Crippen molar-refractivity contribution in [2.24, 2.45) is 5.92 Å². The van der Waals surface area contributed by atoms with Gasteiger partial charge in [0.2, 0.25) is 0 Å². The van der Waals surface area contributed by atoms with Crippen LogP contribution in [0.2, 0.25) is 0 Å². The van der Waals surface area contributed by atoms with E-state index in [-0.39, 0.29) is 18.1 Å². The highest BCUT2D eigenvalue weighted by atomic mass is 16.5. The first-order chi connectivity index (χ1) is 9.62. The minimum absolute atomic E-state index is 0.131. The highest BCUT2D eigenvalue weighted by molar-refractivity contribution is 5.76. The van der Waals surface area contributed by atoms with Crippen molar-refractivity contribution in [1.82, 2.24) is 4.90 Å². The van der Waals surface area contributed by atoms with Crippen LogP contribution < -0.4 is 0 Å². The van der Waals surface area contributed by atoms with Gasteiger partial charge in [-0.2, -0.15) is 0 Å². The smallest absolute Gasteiger partial charge is 0.323 e. The lowest BCUT2D eigenvalue weighted by Crippen LogP contribution is -2.41. The summed E-state index contributed by atoms with van der Waals surface area (Å²) in [5, 5.41) is 9.84. The van der Waals surface area contributed by atoms with Gasteiger partial charge in [0.1, 0.15) is 6.04 Å². The van der Waals surface area contributed by atoms with Gasteiger partial charge in [-0.1, -0.05) is 32.4 Å². The molecule has 116 valence electrons. The van der Waals surface area contributed by atoms with Gasteiger partial charge in [-0.3, -0.25) is 9.69 Å². The Morgan fingerprint density at radius 2 is 2.25 bits per heavy atom. The zero-order chi connectivity index (χ0) is 15.0. The Balaban J connectivity index is 2.59. The predicted molar refractivity (Wildman–Crippen MR) is 80.4 cm³/mol. The maximum absolute atomic E-state index is 12.2. The van der Waals surface area contributed by atoms with Crippen LogP contribution in [0, 0.1) is 5.92 Å². The number of hydrogen-bond donors (Lipinski definition) is 1. The number of aliphatic hydroxyl groups is 1. The summed E-state index contributed by atoms with van der Waals surface area (Å²) in [5.41, 5.74) is 0. The van der Waals surface area contributed by atoms with E-state index in [1.807, 2.05) is 19.9 Å². The Kier molecular flexibility index (Phi) is 7.85. The summed E-state index contributed by atoms with van der Waals surface area (Å²) in [6.45, 7) is 7.92. The highest BCUT2D eigenvalue weighted by Gasteiger charge is 2.37. The summed E-state index contributed by atoms with van der Waals surface area (Å²) in [6.07, 6.45) is 7.25. The van der Waals surface area contributed by atoms with Gasteiger partial charge in [-0.15, -0.1) is 0 Å². The number of β-amino-alcohol motifs (C(OH)–C–C–N with tert-alkyl or cyclic N) is 1. The van der Waals surface area contributed by atoms with Crippen LogP contribution >= 0.6 is 0 Å². The van der Waals surface area contributed by atoms with Crippen LogP contribution in [0.25, 0.3) is 0 Å². The number of carbonyl (C=O) groups excluding carboxylic acids is 1. The molecule has 1 rings (SSSR count). The van der Waals surface area contributed by atoms with Gasteiger partial charge in [0.05, 0.1) is 12.7 Å². The molecule has 4 heteroatoms. The first-order valence-corrected chi connectivity index (χ1v) is 7.83. The van der Waals surface area contributed by atoms with Gasteiger partial charge in [-0.05, 0) is 32.1 Å². The summed E-state index contributed by atoms with van der Waals surface area (Å²) in [6, 6.07) is -0.200. The molecular formula is C16H29NO3. The van der Waals surface area contributed by atoms with Crippen LogP contribution in [-0.4, -0.2) is 47.8 Å². The Morgan fingerprint density at radius 3 is 2.85 bits per heavy atom. The molecule has 0 aromatic rings. The summed E-state index contributed by atoms with van der Waals surface area (Å²) < 4.78 is 5.35. The Hall–Kier alpha value is -0.870. The first-order valence-electron chi connectivity index (χ1n) is 7.83. The molecule has 0 bridgehead atoms. The molecule has 1 N–H and O–H groups in total. The van der Waals surface area contributed by atoms with E-state index < -0.39 is 0 Å². The van der Waals surface area contributed by atoms with Gasteiger partial charge in [0.25, 0.3) is 0 Å². The molecule has 0 aromatic heterocycles. The van der Waals surface area contributed by atoms with Crippen molar-refractivity contribution >= 4 is 5.97 Å². The number of likely N-dealkylation sites (tertiary alicyclic amines) is 1. The van der Waals surface area contributed by atoms with E-state index in [0.717, 1.165) is 25.8 Å². The SMILES string of the molecule is CC=C[C@@H]1C[C@H](C(=O)OCCCC)N(CC(O)CC)C1. The van der Waals surface area contributed by atoms with E-state index in [4.69, 9.17) is 4.74 Å². The second-order valence-corrected chi connectivity index (χ2v) is 5.57. The molecule has 4 nitrogen and oxygen atoms in total. The number of ether oxygens (including phenoxy) is 1. The van der Waals surface area contributed by atoms with Crippen LogP contribution in [0.5, 0.6) is 0 Å². The Labute approximate surface area is 122 Å². The molecule has 0 spiro atoms. The molecule has 0 radical (unpaired) electrons. The van der Waals surface area contributed by atoms with Crippen LogP contribution in [0.15, 0.2) is 12.2 Å². The lowest BCUT2D eigenvalue weighted by molar-refractivity contribution is -0.149. The molecular weight excluding hydrogens is 254 g/mol. The topological polar surface area (TPSA) is 49.8 Å². The molecule has 0 amide bonds. The average molecular weight is 283 g/mol. The number of nitrogens with zero attached hydrogens (tertiary/aromatic N) is 1. The molecule has 0 saturated carbocycles. The van der Waals surface area contributed by atoms with Crippen LogP contribution in [0.4, 0.5) is 0 Å². The minimum atomic E-state index is -0.370. The maximum Gasteiger partial charge on any atom is 0.323 e. The monoisotopic (exact) mass is 283 g/mol. The molecule has 20 heavy (non-hydrogen) atoms. The third-order valence-electron chi connectivity index (χ3n) is 3.83. The summed E-state index contributed by atoms with van der Waals surface area (Å²) in [4.78, 5) is 14.3. The summed E-state index contributed by atoms with van der Waals surface area (Å²) >= 11 is 0. The summed E-state index contributed by atoms with van der Waals surface area (Å²) in [7, 11) is 0. The maximum atomic E-state index is 12.2. The Morgan fingerprint density at radius 1 is 1.50 bits per heavy atom. The molecule has 1 heterocycles. The van der Waals surface area contributed by atoms with Crippen LogP contribution in [0.1, 0.15) is 46.5 Å². The lowest BCUT2D eigenvalue weighted by atomic mass is 10.1. The van der Waals surface area contributed by atoms with Gasteiger partial charge in [0.15, 0.2) is 0 Å². The molecule has 0 aliphatic carbocycles. The third kappa shape index (κ3) is 5.25. The van der Waals surface area contributed by atoms with Crippen molar-refractivity contribution in [3.63, 3.8) is 0 Å². The van der Waals surface area contributed by atoms with Gasteiger partial charge >= 0.3 is 5.97 Å². The van der Waals surface area contributed by atoms with Gasteiger partial charge in [-0.25, -0.2) is 0 Å². The van der Waals surface area contributed by atoms with Crippen LogP contribution in [0.3, 0.4) is 0 Å². The second kappa shape index (κ2) is 9.14. The van der Waals surface area contributed by atoms with Crippen molar-refractivity contribution in [1.29, 1.82) is 0 Å². The number of carbonyl (C=O) groups is 1. The van der Waals surface area contributed by atoms with E-state index in [9.17, 15) is 9.90 Å². The molecule has 1 fully saturated rings. The van der Waals surface area contributed by atoms with Crippen molar-refractivity contribution in [2.45, 2.75) is 58.6 Å². The molecule has 1 aliphatic rings. The summed E-state index contributed by atoms with van der Waals surface area (Å²) in [5.74, 6) is 0.251. The van der Waals surface area contributed by atoms with Crippen molar-refractivity contribution in [2.75, 3.05) is 19.7 Å². The van der Waals surface area contributed by atoms with Crippen molar-refractivity contribution in [3.05, 3.63) is 12.2 Å². The number of unbranched alkanes of at least 4 members (excludes halogenated alkanes) is 1. The van der Waals surface area contributed by atoms with Gasteiger partial charge < -0.3 is 9.84 Å². The highest BCUT2D eigenvalue weighted by Crippen LogP contribution is 2.26. The Bertz CT molecular complexity index is 317. The third-order valence-corrected chi connectivity index (χ3v) is 3.83.